The highest BCUT2D eigenvalue weighted by atomic mass is 16.5. The number of para-hydroxylation sites is 1. The fraction of sp³-hybridized carbons (Fsp3) is 0.391. The van der Waals surface area contributed by atoms with Crippen molar-refractivity contribution in [1.29, 1.82) is 0 Å². The Balaban J connectivity index is 1.53. The fourth-order valence-corrected chi connectivity index (χ4v) is 3.60. The summed E-state index contributed by atoms with van der Waals surface area (Å²) < 4.78 is 1.28. The molecule has 0 aliphatic heterocycles. The summed E-state index contributed by atoms with van der Waals surface area (Å²) >= 11 is 0. The third kappa shape index (κ3) is 7.29. The van der Waals surface area contributed by atoms with Gasteiger partial charge in [0.2, 0.25) is 11.8 Å². The Morgan fingerprint density at radius 3 is 2.66 bits per heavy atom. The van der Waals surface area contributed by atoms with Gasteiger partial charge >= 0.3 is 0 Å². The number of hydrogen-bond acceptors (Lipinski definition) is 8. The molecule has 3 amide bonds. The third-order valence-electron chi connectivity index (χ3n) is 5.34. The van der Waals surface area contributed by atoms with Gasteiger partial charge in [-0.3, -0.25) is 24.6 Å². The van der Waals surface area contributed by atoms with Crippen LogP contribution in [0.25, 0.3) is 10.9 Å². The molecular weight excluding hydrogens is 454 g/mol. The van der Waals surface area contributed by atoms with Crippen LogP contribution in [0.3, 0.4) is 0 Å². The van der Waals surface area contributed by atoms with Crippen LogP contribution in [0.15, 0.2) is 42.7 Å². The van der Waals surface area contributed by atoms with Gasteiger partial charge < -0.3 is 15.3 Å². The first-order valence-electron chi connectivity index (χ1n) is 11.4. The quantitative estimate of drug-likeness (QED) is 0.159. The number of pyridine rings is 1. The van der Waals surface area contributed by atoms with Gasteiger partial charge in [0, 0.05) is 31.1 Å². The van der Waals surface area contributed by atoms with Crippen LogP contribution in [0.5, 0.6) is 0 Å². The summed E-state index contributed by atoms with van der Waals surface area (Å²) in [4.78, 5) is 42.1. The lowest BCUT2D eigenvalue weighted by Crippen LogP contribution is -2.36. The Hall–Kier alpha value is -3.90. The number of amides is 3. The minimum Gasteiger partial charge on any atom is -0.395 e. The molecule has 2 heterocycles. The number of benzene rings is 1. The SMILES string of the molecule is O=C(CCCCCCNC(=O)c1cn(CC(=O)N(CCO)c2cccc3cccnc23)nn1)NO. The predicted molar refractivity (Wildman–Crippen MR) is 127 cm³/mol. The van der Waals surface area contributed by atoms with Crippen molar-refractivity contribution in [3.05, 3.63) is 48.4 Å². The minimum absolute atomic E-state index is 0.0846. The maximum Gasteiger partial charge on any atom is 0.273 e. The molecule has 3 rings (SSSR count). The highest BCUT2D eigenvalue weighted by Gasteiger charge is 2.20. The van der Waals surface area contributed by atoms with E-state index in [1.807, 2.05) is 24.3 Å². The van der Waals surface area contributed by atoms with E-state index in [1.54, 1.807) is 17.7 Å². The first-order chi connectivity index (χ1) is 17.0. The molecule has 0 aliphatic rings. The van der Waals surface area contributed by atoms with Crippen molar-refractivity contribution in [3.63, 3.8) is 0 Å². The van der Waals surface area contributed by atoms with Crippen LogP contribution in [0.1, 0.15) is 42.6 Å². The van der Waals surface area contributed by atoms with Crippen molar-refractivity contribution in [3.8, 4) is 0 Å². The maximum atomic E-state index is 13.0. The van der Waals surface area contributed by atoms with E-state index < -0.39 is 11.8 Å². The van der Waals surface area contributed by atoms with E-state index in [2.05, 4.69) is 20.6 Å². The lowest BCUT2D eigenvalue weighted by Gasteiger charge is -2.22. The van der Waals surface area contributed by atoms with Gasteiger partial charge in [0.15, 0.2) is 5.69 Å². The summed E-state index contributed by atoms with van der Waals surface area (Å²) in [6, 6.07) is 9.19. The number of fused-ring (bicyclic) bond motifs is 1. The van der Waals surface area contributed by atoms with Crippen LogP contribution in [0.4, 0.5) is 5.69 Å². The Kier molecular flexibility index (Phi) is 9.63. The fourth-order valence-electron chi connectivity index (χ4n) is 3.60. The van der Waals surface area contributed by atoms with Gasteiger partial charge in [0.25, 0.3) is 5.91 Å². The van der Waals surface area contributed by atoms with Crippen LogP contribution >= 0.6 is 0 Å². The molecule has 1 aromatic carbocycles. The second-order valence-corrected chi connectivity index (χ2v) is 7.88. The standard InChI is InChI=1S/C23H29N7O5/c31-14-13-30(19-9-5-7-17-8-6-12-24-22(17)19)21(33)16-29-15-18(26-28-29)23(34)25-11-4-2-1-3-10-20(32)27-35/h5-9,12,15,31,35H,1-4,10-11,13-14,16H2,(H,25,34)(H,27,32). The molecule has 0 fully saturated rings. The Morgan fingerprint density at radius 1 is 1.06 bits per heavy atom. The van der Waals surface area contributed by atoms with Gasteiger partial charge in [-0.2, -0.15) is 0 Å². The van der Waals surface area contributed by atoms with Crippen molar-refractivity contribution in [1.82, 2.24) is 30.8 Å². The normalized spacial score (nSPS) is 10.8. The third-order valence-corrected chi connectivity index (χ3v) is 5.34. The Morgan fingerprint density at radius 2 is 1.86 bits per heavy atom. The highest BCUT2D eigenvalue weighted by molar-refractivity contribution is 6.02. The molecule has 12 nitrogen and oxygen atoms in total. The number of carbonyl (C=O) groups is 3. The number of carbonyl (C=O) groups excluding carboxylic acids is 3. The molecule has 0 aliphatic carbocycles. The van der Waals surface area contributed by atoms with E-state index in [9.17, 15) is 19.5 Å². The van der Waals surface area contributed by atoms with Crippen molar-refractivity contribution in [2.24, 2.45) is 0 Å². The monoisotopic (exact) mass is 483 g/mol. The average molecular weight is 484 g/mol. The van der Waals surface area contributed by atoms with Crippen LogP contribution in [-0.2, 0) is 16.1 Å². The zero-order valence-electron chi connectivity index (χ0n) is 19.3. The van der Waals surface area contributed by atoms with E-state index in [-0.39, 0.29) is 37.7 Å². The lowest BCUT2D eigenvalue weighted by molar-refractivity contribution is -0.129. The van der Waals surface area contributed by atoms with E-state index in [0.717, 1.165) is 24.6 Å². The Labute approximate surface area is 201 Å². The summed E-state index contributed by atoms with van der Waals surface area (Å²) in [5.74, 6) is -1.13. The first-order valence-corrected chi connectivity index (χ1v) is 11.4. The molecule has 0 atom stereocenters. The number of hydroxylamine groups is 1. The number of nitrogens with one attached hydrogen (secondary N) is 2. The second-order valence-electron chi connectivity index (χ2n) is 7.88. The molecule has 0 unspecified atom stereocenters. The zero-order chi connectivity index (χ0) is 25.0. The van der Waals surface area contributed by atoms with Crippen molar-refractivity contribution < 1.29 is 24.7 Å². The van der Waals surface area contributed by atoms with Gasteiger partial charge in [-0.1, -0.05) is 36.3 Å². The molecule has 3 aromatic rings. The summed E-state index contributed by atoms with van der Waals surface area (Å²) in [6.45, 7) is 0.135. The number of unbranched alkanes of at least 4 members (excludes halogenated alkanes) is 3. The smallest absolute Gasteiger partial charge is 0.273 e. The van der Waals surface area contributed by atoms with Crippen molar-refractivity contribution >= 4 is 34.3 Å². The first kappa shape index (κ1) is 25.7. The zero-order valence-corrected chi connectivity index (χ0v) is 19.3. The second kappa shape index (κ2) is 13.1. The van der Waals surface area contributed by atoms with Gasteiger partial charge in [-0.15, -0.1) is 5.10 Å². The molecule has 186 valence electrons. The van der Waals surface area contributed by atoms with Crippen molar-refractivity contribution in [2.75, 3.05) is 24.6 Å². The molecular formula is C23H29N7O5. The van der Waals surface area contributed by atoms with E-state index >= 15 is 0 Å². The predicted octanol–water partition coefficient (Wildman–Crippen LogP) is 1.04. The van der Waals surface area contributed by atoms with Gasteiger partial charge in [0.05, 0.1) is 24.0 Å². The topological polar surface area (TPSA) is 163 Å². The minimum atomic E-state index is -0.409. The average Bonchev–Trinajstić information content (AvgIpc) is 3.34. The number of anilines is 1. The van der Waals surface area contributed by atoms with Crippen molar-refractivity contribution in [2.45, 2.75) is 38.6 Å². The van der Waals surface area contributed by atoms with Crippen LogP contribution in [0.2, 0.25) is 0 Å². The molecule has 35 heavy (non-hydrogen) atoms. The number of aromatic nitrogens is 4. The molecule has 0 bridgehead atoms. The summed E-state index contributed by atoms with van der Waals surface area (Å²) in [5, 5.41) is 29.3. The summed E-state index contributed by atoms with van der Waals surface area (Å²) in [7, 11) is 0. The van der Waals surface area contributed by atoms with Crippen LogP contribution < -0.4 is 15.7 Å². The number of hydrogen-bond donors (Lipinski definition) is 4. The molecule has 0 spiro atoms. The van der Waals surface area contributed by atoms with Gasteiger partial charge in [-0.25, -0.2) is 10.2 Å². The largest absolute Gasteiger partial charge is 0.395 e. The molecule has 2 aromatic heterocycles. The molecule has 4 N–H and O–H groups in total. The van der Waals surface area contributed by atoms with Gasteiger partial charge in [0.1, 0.15) is 6.54 Å². The molecule has 0 radical (unpaired) electrons. The highest BCUT2D eigenvalue weighted by Crippen LogP contribution is 2.25. The van der Waals surface area contributed by atoms with Gasteiger partial charge in [-0.05, 0) is 25.0 Å². The number of aliphatic hydroxyl groups excluding tert-OH is 1. The molecule has 12 heteroatoms. The number of nitrogens with zero attached hydrogens (tertiary/aromatic N) is 5. The van der Waals surface area contributed by atoms with Crippen LogP contribution in [0, 0.1) is 0 Å². The van der Waals surface area contributed by atoms with E-state index in [0.29, 0.717) is 24.2 Å². The van der Waals surface area contributed by atoms with E-state index in [4.69, 9.17) is 5.21 Å². The van der Waals surface area contributed by atoms with Crippen LogP contribution in [-0.4, -0.2) is 67.7 Å². The maximum absolute atomic E-state index is 13.0. The molecule has 0 saturated carbocycles. The number of rotatable bonds is 13. The van der Waals surface area contributed by atoms with E-state index in [1.165, 1.54) is 15.8 Å². The lowest BCUT2D eigenvalue weighted by atomic mass is 10.1. The summed E-state index contributed by atoms with van der Waals surface area (Å²) in [5.41, 5.74) is 2.91. The number of aliphatic hydroxyl groups is 1. The Bertz CT molecular complexity index is 1140. The molecule has 0 saturated heterocycles. The summed E-state index contributed by atoms with van der Waals surface area (Å²) in [6.07, 6.45) is 6.32.